The van der Waals surface area contributed by atoms with Crippen molar-refractivity contribution in [2.45, 2.75) is 13.0 Å². The van der Waals surface area contributed by atoms with E-state index in [0.29, 0.717) is 0 Å². The van der Waals surface area contributed by atoms with Gasteiger partial charge in [-0.15, -0.1) is 0 Å². The molecule has 0 bridgehead atoms. The Morgan fingerprint density at radius 2 is 1.65 bits per heavy atom. The van der Waals surface area contributed by atoms with Crippen LogP contribution in [0.5, 0.6) is 5.75 Å². The second-order valence-electron chi connectivity index (χ2n) is 4.05. The molecule has 0 saturated heterocycles. The number of benzene rings is 2. The van der Waals surface area contributed by atoms with E-state index in [2.05, 4.69) is 0 Å². The summed E-state index contributed by atoms with van der Waals surface area (Å²) in [6.45, 7) is 2.30. The van der Waals surface area contributed by atoms with Crippen LogP contribution >= 0.6 is 0 Å². The van der Waals surface area contributed by atoms with Crippen LogP contribution in [0.25, 0.3) is 0 Å². The molecule has 17 heavy (non-hydrogen) atoms. The SMILES string of the molecule is Cc1ccc(OC[C@H](O)c2ccccc2)cc1. The van der Waals surface area contributed by atoms with Crippen LogP contribution in [0.15, 0.2) is 54.6 Å². The Bertz CT molecular complexity index is 448. The van der Waals surface area contributed by atoms with Crippen LogP contribution in [0.1, 0.15) is 17.2 Å². The standard InChI is InChI=1S/C15H16O2/c1-12-7-9-14(10-8-12)17-11-15(16)13-5-3-2-4-6-13/h2-10,15-16H,11H2,1H3/t15-/m0/s1. The van der Waals surface area contributed by atoms with E-state index in [0.717, 1.165) is 11.3 Å². The van der Waals surface area contributed by atoms with Gasteiger partial charge in [0.15, 0.2) is 0 Å². The summed E-state index contributed by atoms with van der Waals surface area (Å²) in [5.41, 5.74) is 2.07. The summed E-state index contributed by atoms with van der Waals surface area (Å²) in [5.74, 6) is 0.783. The molecule has 2 heteroatoms. The minimum absolute atomic E-state index is 0.271. The normalized spacial score (nSPS) is 12.1. The number of aliphatic hydroxyl groups is 1. The van der Waals surface area contributed by atoms with Crippen molar-refractivity contribution in [3.8, 4) is 5.75 Å². The first-order chi connectivity index (χ1) is 8.25. The molecule has 2 aromatic rings. The summed E-state index contributed by atoms with van der Waals surface area (Å²) in [6, 6.07) is 17.3. The van der Waals surface area contributed by atoms with E-state index in [1.54, 1.807) is 0 Å². The molecule has 2 aromatic carbocycles. The molecule has 0 radical (unpaired) electrons. The molecular formula is C15H16O2. The monoisotopic (exact) mass is 228 g/mol. The molecule has 0 fully saturated rings. The highest BCUT2D eigenvalue weighted by Gasteiger charge is 2.07. The molecule has 2 nitrogen and oxygen atoms in total. The molecule has 0 amide bonds. The molecule has 0 aliphatic heterocycles. The highest BCUT2D eigenvalue weighted by Crippen LogP contribution is 2.16. The Labute approximate surface area is 101 Å². The van der Waals surface area contributed by atoms with E-state index in [9.17, 15) is 5.11 Å². The average molecular weight is 228 g/mol. The molecule has 0 saturated carbocycles. The fourth-order valence-electron chi connectivity index (χ4n) is 1.58. The fourth-order valence-corrected chi connectivity index (χ4v) is 1.58. The van der Waals surface area contributed by atoms with Crippen LogP contribution in [-0.4, -0.2) is 11.7 Å². The number of rotatable bonds is 4. The number of ether oxygens (including phenoxy) is 1. The van der Waals surface area contributed by atoms with E-state index in [1.807, 2.05) is 61.5 Å². The molecule has 0 heterocycles. The molecule has 1 N–H and O–H groups in total. The van der Waals surface area contributed by atoms with Gasteiger partial charge in [0.25, 0.3) is 0 Å². The first-order valence-electron chi connectivity index (χ1n) is 5.68. The van der Waals surface area contributed by atoms with Crippen molar-refractivity contribution in [2.24, 2.45) is 0 Å². The Hall–Kier alpha value is -1.80. The van der Waals surface area contributed by atoms with Crippen LogP contribution < -0.4 is 4.74 Å². The van der Waals surface area contributed by atoms with Gasteiger partial charge in [0.1, 0.15) is 18.5 Å². The van der Waals surface area contributed by atoms with E-state index in [4.69, 9.17) is 4.74 Å². The van der Waals surface area contributed by atoms with Gasteiger partial charge in [-0.3, -0.25) is 0 Å². The maximum absolute atomic E-state index is 9.91. The smallest absolute Gasteiger partial charge is 0.119 e. The zero-order valence-corrected chi connectivity index (χ0v) is 9.84. The number of aliphatic hydroxyl groups excluding tert-OH is 1. The fraction of sp³-hybridized carbons (Fsp3) is 0.200. The van der Waals surface area contributed by atoms with Gasteiger partial charge in [-0.1, -0.05) is 48.0 Å². The van der Waals surface area contributed by atoms with Crippen molar-refractivity contribution in [1.29, 1.82) is 0 Å². The average Bonchev–Trinajstić information content (AvgIpc) is 2.39. The minimum atomic E-state index is -0.586. The predicted molar refractivity (Wildman–Crippen MR) is 68.1 cm³/mol. The van der Waals surface area contributed by atoms with Gasteiger partial charge in [0, 0.05) is 0 Å². The zero-order valence-electron chi connectivity index (χ0n) is 9.84. The van der Waals surface area contributed by atoms with E-state index in [1.165, 1.54) is 5.56 Å². The zero-order chi connectivity index (χ0) is 12.1. The van der Waals surface area contributed by atoms with Crippen molar-refractivity contribution < 1.29 is 9.84 Å². The molecular weight excluding hydrogens is 212 g/mol. The first-order valence-corrected chi connectivity index (χ1v) is 5.68. The molecule has 0 aliphatic carbocycles. The van der Waals surface area contributed by atoms with E-state index < -0.39 is 6.10 Å². The van der Waals surface area contributed by atoms with Crippen molar-refractivity contribution in [3.05, 3.63) is 65.7 Å². The maximum Gasteiger partial charge on any atom is 0.119 e. The third-order valence-electron chi connectivity index (χ3n) is 2.61. The summed E-state index contributed by atoms with van der Waals surface area (Å²) in [4.78, 5) is 0. The second-order valence-corrected chi connectivity index (χ2v) is 4.05. The molecule has 0 unspecified atom stereocenters. The van der Waals surface area contributed by atoms with Gasteiger partial charge >= 0.3 is 0 Å². The highest BCUT2D eigenvalue weighted by atomic mass is 16.5. The third kappa shape index (κ3) is 3.33. The van der Waals surface area contributed by atoms with Crippen molar-refractivity contribution in [2.75, 3.05) is 6.61 Å². The van der Waals surface area contributed by atoms with Gasteiger partial charge in [-0.05, 0) is 24.6 Å². The molecule has 0 aliphatic rings. The van der Waals surface area contributed by atoms with Crippen LogP contribution in [-0.2, 0) is 0 Å². The first kappa shape index (κ1) is 11.7. The lowest BCUT2D eigenvalue weighted by Gasteiger charge is -2.12. The van der Waals surface area contributed by atoms with Gasteiger partial charge in [0.2, 0.25) is 0 Å². The van der Waals surface area contributed by atoms with Crippen LogP contribution in [0.4, 0.5) is 0 Å². The Kier molecular flexibility index (Phi) is 3.78. The summed E-state index contributed by atoms with van der Waals surface area (Å²) in [6.07, 6.45) is -0.586. The summed E-state index contributed by atoms with van der Waals surface area (Å²) in [5, 5.41) is 9.91. The molecule has 0 spiro atoms. The van der Waals surface area contributed by atoms with Gasteiger partial charge < -0.3 is 9.84 Å². The van der Waals surface area contributed by atoms with E-state index >= 15 is 0 Å². The Balaban J connectivity index is 1.92. The number of hydrogen-bond acceptors (Lipinski definition) is 2. The second kappa shape index (κ2) is 5.51. The van der Waals surface area contributed by atoms with Crippen molar-refractivity contribution in [3.63, 3.8) is 0 Å². The predicted octanol–water partition coefficient (Wildman–Crippen LogP) is 3.11. The lowest BCUT2D eigenvalue weighted by Crippen LogP contribution is -2.09. The Morgan fingerprint density at radius 3 is 2.29 bits per heavy atom. The molecule has 1 atom stereocenters. The minimum Gasteiger partial charge on any atom is -0.491 e. The molecule has 0 aromatic heterocycles. The molecule has 2 rings (SSSR count). The quantitative estimate of drug-likeness (QED) is 0.871. The molecule has 88 valence electrons. The van der Waals surface area contributed by atoms with Crippen molar-refractivity contribution in [1.82, 2.24) is 0 Å². The van der Waals surface area contributed by atoms with Gasteiger partial charge in [-0.25, -0.2) is 0 Å². The highest BCUT2D eigenvalue weighted by molar-refractivity contribution is 5.26. The van der Waals surface area contributed by atoms with Crippen molar-refractivity contribution >= 4 is 0 Å². The summed E-state index contributed by atoms with van der Waals surface area (Å²) in [7, 11) is 0. The van der Waals surface area contributed by atoms with Crippen LogP contribution in [0, 0.1) is 6.92 Å². The maximum atomic E-state index is 9.91. The topological polar surface area (TPSA) is 29.5 Å². The van der Waals surface area contributed by atoms with E-state index in [-0.39, 0.29) is 6.61 Å². The lowest BCUT2D eigenvalue weighted by molar-refractivity contribution is 0.108. The third-order valence-corrected chi connectivity index (χ3v) is 2.61. The van der Waals surface area contributed by atoms with Gasteiger partial charge in [0.05, 0.1) is 0 Å². The van der Waals surface area contributed by atoms with Crippen LogP contribution in [0.2, 0.25) is 0 Å². The summed E-state index contributed by atoms with van der Waals surface area (Å²) >= 11 is 0. The summed E-state index contributed by atoms with van der Waals surface area (Å²) < 4.78 is 5.53. The number of aryl methyl sites for hydroxylation is 1. The Morgan fingerprint density at radius 1 is 1.00 bits per heavy atom. The van der Waals surface area contributed by atoms with Gasteiger partial charge in [-0.2, -0.15) is 0 Å². The number of hydrogen-bond donors (Lipinski definition) is 1. The lowest BCUT2D eigenvalue weighted by atomic mass is 10.1. The largest absolute Gasteiger partial charge is 0.491 e. The van der Waals surface area contributed by atoms with Crippen LogP contribution in [0.3, 0.4) is 0 Å².